The lowest BCUT2D eigenvalue weighted by Gasteiger charge is -2.19. The Morgan fingerprint density at radius 2 is 1.76 bits per heavy atom. The normalized spacial score (nSPS) is 15.0. The lowest BCUT2D eigenvalue weighted by atomic mass is 10.0. The summed E-state index contributed by atoms with van der Waals surface area (Å²) in [6, 6.07) is 15.2. The van der Waals surface area contributed by atoms with Crippen LogP contribution in [0, 0.1) is 0 Å². The number of para-hydroxylation sites is 1. The molecule has 25 heavy (non-hydrogen) atoms. The molecular formula is C20H16N2O2S. The minimum Gasteiger partial charge on any atom is -0.291 e. The number of nitrogens with zero attached hydrogens (tertiary/aromatic N) is 2. The van der Waals surface area contributed by atoms with Gasteiger partial charge in [-0.1, -0.05) is 38.1 Å². The molecular weight excluding hydrogens is 332 g/mol. The van der Waals surface area contributed by atoms with E-state index in [-0.39, 0.29) is 4.90 Å². The lowest BCUT2D eigenvalue weighted by molar-refractivity contribution is 0.594. The van der Waals surface area contributed by atoms with Crippen molar-refractivity contribution in [3.8, 4) is 5.82 Å². The summed E-state index contributed by atoms with van der Waals surface area (Å²) in [5.41, 5.74) is 2.95. The van der Waals surface area contributed by atoms with Crippen LogP contribution in [0.3, 0.4) is 0 Å². The molecule has 4 nitrogen and oxygen atoms in total. The monoisotopic (exact) mass is 348 g/mol. The summed E-state index contributed by atoms with van der Waals surface area (Å²) in [5.74, 6) is 0.882. The van der Waals surface area contributed by atoms with E-state index >= 15 is 0 Å². The van der Waals surface area contributed by atoms with Gasteiger partial charge in [-0.15, -0.1) is 0 Å². The molecule has 3 heterocycles. The van der Waals surface area contributed by atoms with Gasteiger partial charge in [0.15, 0.2) is 5.82 Å². The Labute approximate surface area is 145 Å². The van der Waals surface area contributed by atoms with Gasteiger partial charge in [0.05, 0.1) is 15.9 Å². The lowest BCUT2D eigenvalue weighted by Crippen LogP contribution is -2.15. The van der Waals surface area contributed by atoms with Crippen molar-refractivity contribution < 1.29 is 8.42 Å². The zero-order chi connectivity index (χ0) is 17.3. The second kappa shape index (κ2) is 4.70. The average Bonchev–Trinajstić information content (AvgIpc) is 2.94. The molecule has 5 heteroatoms. The van der Waals surface area contributed by atoms with E-state index in [1.165, 1.54) is 5.56 Å². The van der Waals surface area contributed by atoms with Crippen molar-refractivity contribution in [1.82, 2.24) is 9.55 Å². The first-order valence-electron chi connectivity index (χ1n) is 8.27. The molecule has 2 aromatic carbocycles. The number of fused-ring (bicyclic) bond motifs is 5. The highest BCUT2D eigenvalue weighted by molar-refractivity contribution is 7.92. The molecule has 4 aromatic rings. The number of benzene rings is 2. The molecule has 1 aliphatic rings. The minimum absolute atomic E-state index is 0.266. The summed E-state index contributed by atoms with van der Waals surface area (Å²) < 4.78 is 28.2. The molecule has 0 bridgehead atoms. The Balaban J connectivity index is 2.10. The molecule has 0 fully saturated rings. The summed E-state index contributed by atoms with van der Waals surface area (Å²) in [6.07, 6.45) is 1.65. The number of sulfone groups is 1. The summed E-state index contributed by atoms with van der Waals surface area (Å²) >= 11 is 0. The van der Waals surface area contributed by atoms with Crippen molar-refractivity contribution in [3.63, 3.8) is 0 Å². The van der Waals surface area contributed by atoms with Crippen LogP contribution >= 0.6 is 0 Å². The van der Waals surface area contributed by atoms with Gasteiger partial charge < -0.3 is 0 Å². The summed E-state index contributed by atoms with van der Waals surface area (Å²) in [4.78, 5) is 5.04. The third-order valence-electron chi connectivity index (χ3n) is 4.98. The highest BCUT2D eigenvalue weighted by Gasteiger charge is 2.33. The van der Waals surface area contributed by atoms with Crippen molar-refractivity contribution in [2.24, 2.45) is 0 Å². The molecule has 0 saturated heterocycles. The van der Waals surface area contributed by atoms with Gasteiger partial charge in [-0.2, -0.15) is 0 Å². The van der Waals surface area contributed by atoms with Gasteiger partial charge >= 0.3 is 0 Å². The van der Waals surface area contributed by atoms with Crippen LogP contribution in [-0.2, 0) is 9.84 Å². The zero-order valence-corrected chi connectivity index (χ0v) is 14.7. The van der Waals surface area contributed by atoms with Crippen molar-refractivity contribution >= 4 is 31.6 Å². The Morgan fingerprint density at radius 1 is 0.960 bits per heavy atom. The van der Waals surface area contributed by atoms with Gasteiger partial charge in [-0.05, 0) is 35.7 Å². The smallest absolute Gasteiger partial charge is 0.212 e. The molecule has 5 rings (SSSR count). The zero-order valence-electron chi connectivity index (χ0n) is 13.9. The van der Waals surface area contributed by atoms with Crippen LogP contribution in [0.15, 0.2) is 64.5 Å². The van der Waals surface area contributed by atoms with Crippen molar-refractivity contribution in [2.75, 3.05) is 0 Å². The Bertz CT molecular complexity index is 1280. The van der Waals surface area contributed by atoms with Gasteiger partial charge in [0.1, 0.15) is 4.90 Å². The molecule has 1 aliphatic heterocycles. The number of aromatic nitrogens is 2. The summed E-state index contributed by atoms with van der Waals surface area (Å²) in [6.45, 7) is 4.31. The average molecular weight is 348 g/mol. The van der Waals surface area contributed by atoms with Gasteiger partial charge in [0, 0.05) is 17.0 Å². The molecule has 0 amide bonds. The largest absolute Gasteiger partial charge is 0.291 e. The van der Waals surface area contributed by atoms with Crippen LogP contribution < -0.4 is 0 Å². The number of hydrogen-bond acceptors (Lipinski definition) is 3. The van der Waals surface area contributed by atoms with Crippen LogP contribution in [0.2, 0.25) is 0 Å². The van der Waals surface area contributed by atoms with Crippen molar-refractivity contribution in [2.45, 2.75) is 29.6 Å². The van der Waals surface area contributed by atoms with Gasteiger partial charge in [-0.3, -0.25) is 4.57 Å². The third-order valence-corrected chi connectivity index (χ3v) is 6.79. The predicted octanol–water partition coefficient (Wildman–Crippen LogP) is 4.45. The topological polar surface area (TPSA) is 52.0 Å². The Hall–Kier alpha value is -2.66. The molecule has 0 radical (unpaired) electrons. The third kappa shape index (κ3) is 1.76. The van der Waals surface area contributed by atoms with Crippen LogP contribution in [0.5, 0.6) is 0 Å². The fourth-order valence-electron chi connectivity index (χ4n) is 3.73. The summed E-state index contributed by atoms with van der Waals surface area (Å²) in [7, 11) is -3.57. The number of hydrogen-bond donors (Lipinski definition) is 0. The highest BCUT2D eigenvalue weighted by Crippen LogP contribution is 2.42. The SMILES string of the molecule is CC(C)c1ccc2c3cccc4c3n(c2c1)-c1ncccc1S4(=O)=O. The molecule has 0 atom stereocenters. The maximum absolute atomic E-state index is 13.1. The first kappa shape index (κ1) is 14.7. The second-order valence-corrected chi connectivity index (χ2v) is 8.63. The minimum atomic E-state index is -3.57. The van der Waals surface area contributed by atoms with E-state index in [2.05, 4.69) is 37.0 Å². The van der Waals surface area contributed by atoms with E-state index in [9.17, 15) is 8.42 Å². The van der Waals surface area contributed by atoms with E-state index in [1.54, 1.807) is 24.4 Å². The maximum Gasteiger partial charge on any atom is 0.212 e. The van der Waals surface area contributed by atoms with Gasteiger partial charge in [-0.25, -0.2) is 13.4 Å². The number of pyridine rings is 1. The van der Waals surface area contributed by atoms with Crippen molar-refractivity contribution in [1.29, 1.82) is 0 Å². The number of rotatable bonds is 1. The van der Waals surface area contributed by atoms with Crippen LogP contribution in [0.1, 0.15) is 25.3 Å². The van der Waals surface area contributed by atoms with E-state index < -0.39 is 9.84 Å². The molecule has 0 N–H and O–H groups in total. The molecule has 0 saturated carbocycles. The van der Waals surface area contributed by atoms with Crippen molar-refractivity contribution in [3.05, 3.63) is 60.3 Å². The van der Waals surface area contributed by atoms with Gasteiger partial charge in [0.2, 0.25) is 9.84 Å². The second-order valence-electron chi connectivity index (χ2n) is 6.75. The first-order chi connectivity index (χ1) is 12.0. The van der Waals surface area contributed by atoms with E-state index in [1.807, 2.05) is 16.7 Å². The molecule has 2 aromatic heterocycles. The van der Waals surface area contributed by atoms with Gasteiger partial charge in [0.25, 0.3) is 0 Å². The molecule has 124 valence electrons. The van der Waals surface area contributed by atoms with Crippen LogP contribution in [0.25, 0.3) is 27.6 Å². The van der Waals surface area contributed by atoms with Crippen LogP contribution in [-0.4, -0.2) is 18.0 Å². The van der Waals surface area contributed by atoms with E-state index in [0.717, 1.165) is 21.8 Å². The van der Waals surface area contributed by atoms with Crippen LogP contribution in [0.4, 0.5) is 0 Å². The maximum atomic E-state index is 13.1. The highest BCUT2D eigenvalue weighted by atomic mass is 32.2. The quantitative estimate of drug-likeness (QED) is 0.450. The first-order valence-corrected chi connectivity index (χ1v) is 9.76. The van der Waals surface area contributed by atoms with E-state index in [4.69, 9.17) is 0 Å². The summed E-state index contributed by atoms with van der Waals surface area (Å²) in [5, 5.41) is 2.00. The fourth-order valence-corrected chi connectivity index (χ4v) is 5.32. The van der Waals surface area contributed by atoms with E-state index in [0.29, 0.717) is 16.6 Å². The fraction of sp³-hybridized carbons (Fsp3) is 0.150. The predicted molar refractivity (Wildman–Crippen MR) is 98.1 cm³/mol. The molecule has 0 unspecified atom stereocenters. The Kier molecular flexibility index (Phi) is 2.76. The Morgan fingerprint density at radius 3 is 2.56 bits per heavy atom. The molecule has 0 spiro atoms. The molecule has 0 aliphatic carbocycles. The standard InChI is InChI=1S/C20H16N2O2S/c1-12(2)13-8-9-14-15-5-3-6-17-19(15)22(16(14)11-13)20-18(25(17,23)24)7-4-10-21-20/h3-12H,1-2H3.